The smallest absolute Gasteiger partial charge is 0.343 e. The lowest BCUT2D eigenvalue weighted by atomic mass is 10.1. The Hall–Kier alpha value is -6.17. The Kier molecular flexibility index (Phi) is 8.80. The van der Waals surface area contributed by atoms with Crippen LogP contribution in [-0.2, 0) is 4.79 Å². The molecule has 0 fully saturated rings. The van der Waals surface area contributed by atoms with Crippen LogP contribution in [0.25, 0.3) is 0 Å². The SMILES string of the molecule is COc1cc(C(=O)Nc2cccc(C(=O)NN=Cc3ccccc3OC(=O)c3ccc4c(c3)OCO4)c2)ccc1OC(C)=O. The zero-order valence-electron chi connectivity index (χ0n) is 23.5. The maximum atomic E-state index is 12.8. The van der Waals surface area contributed by atoms with Gasteiger partial charge in [-0.25, -0.2) is 10.2 Å². The van der Waals surface area contributed by atoms with Gasteiger partial charge in [-0.15, -0.1) is 0 Å². The quantitative estimate of drug-likeness (QED) is 0.123. The lowest BCUT2D eigenvalue weighted by molar-refractivity contribution is -0.132. The van der Waals surface area contributed by atoms with Crippen molar-refractivity contribution >= 4 is 35.7 Å². The molecule has 44 heavy (non-hydrogen) atoms. The topological polar surface area (TPSA) is 151 Å². The third kappa shape index (κ3) is 6.99. The highest BCUT2D eigenvalue weighted by Gasteiger charge is 2.18. The number of hydrogen-bond donors (Lipinski definition) is 2. The van der Waals surface area contributed by atoms with Crippen LogP contribution >= 0.6 is 0 Å². The van der Waals surface area contributed by atoms with E-state index in [9.17, 15) is 19.2 Å². The zero-order chi connectivity index (χ0) is 31.1. The van der Waals surface area contributed by atoms with Crippen LogP contribution in [0.4, 0.5) is 5.69 Å². The van der Waals surface area contributed by atoms with Crippen molar-refractivity contribution in [1.29, 1.82) is 0 Å². The number of carbonyl (C=O) groups excluding carboxylic acids is 4. The molecule has 0 aliphatic carbocycles. The van der Waals surface area contributed by atoms with Gasteiger partial charge in [-0.1, -0.05) is 18.2 Å². The van der Waals surface area contributed by atoms with E-state index in [0.29, 0.717) is 22.7 Å². The minimum atomic E-state index is -0.606. The van der Waals surface area contributed by atoms with E-state index in [1.165, 1.54) is 50.6 Å². The average Bonchev–Trinajstić information content (AvgIpc) is 3.50. The van der Waals surface area contributed by atoms with Crippen LogP contribution in [0.15, 0.2) is 90.0 Å². The van der Waals surface area contributed by atoms with Gasteiger partial charge in [0.25, 0.3) is 11.8 Å². The number of hydrogen-bond acceptors (Lipinski definition) is 10. The van der Waals surface area contributed by atoms with Crippen molar-refractivity contribution in [3.63, 3.8) is 0 Å². The van der Waals surface area contributed by atoms with Crippen LogP contribution in [-0.4, -0.2) is 43.9 Å². The molecule has 0 unspecified atom stereocenters. The second-order valence-corrected chi connectivity index (χ2v) is 9.19. The molecule has 4 aromatic carbocycles. The fourth-order valence-electron chi connectivity index (χ4n) is 4.08. The zero-order valence-corrected chi connectivity index (χ0v) is 23.5. The Morgan fingerprint density at radius 2 is 1.52 bits per heavy atom. The summed E-state index contributed by atoms with van der Waals surface area (Å²) < 4.78 is 26.4. The number of para-hydroxylation sites is 1. The second-order valence-electron chi connectivity index (χ2n) is 9.19. The molecule has 0 aromatic heterocycles. The predicted molar refractivity (Wildman–Crippen MR) is 158 cm³/mol. The Balaban J connectivity index is 1.21. The molecule has 0 bridgehead atoms. The van der Waals surface area contributed by atoms with Crippen LogP contribution in [0.2, 0.25) is 0 Å². The van der Waals surface area contributed by atoms with Crippen LogP contribution in [0, 0.1) is 0 Å². The minimum Gasteiger partial charge on any atom is -0.493 e. The van der Waals surface area contributed by atoms with Crippen molar-refractivity contribution in [3.05, 3.63) is 107 Å². The Bertz CT molecular complexity index is 1780. The molecular formula is C32H25N3O9. The first-order chi connectivity index (χ1) is 21.3. The monoisotopic (exact) mass is 595 g/mol. The maximum absolute atomic E-state index is 12.8. The van der Waals surface area contributed by atoms with Gasteiger partial charge in [-0.3, -0.25) is 14.4 Å². The molecule has 0 atom stereocenters. The lowest BCUT2D eigenvalue weighted by Crippen LogP contribution is -2.18. The summed E-state index contributed by atoms with van der Waals surface area (Å²) >= 11 is 0. The van der Waals surface area contributed by atoms with E-state index in [2.05, 4.69) is 15.8 Å². The summed E-state index contributed by atoms with van der Waals surface area (Å²) in [5.74, 6) is -0.517. The van der Waals surface area contributed by atoms with E-state index in [4.69, 9.17) is 23.7 Å². The molecule has 2 N–H and O–H groups in total. The van der Waals surface area contributed by atoms with Gasteiger partial charge in [0.2, 0.25) is 6.79 Å². The number of nitrogens with zero attached hydrogens (tertiary/aromatic N) is 1. The van der Waals surface area contributed by atoms with Crippen molar-refractivity contribution in [2.75, 3.05) is 19.2 Å². The minimum absolute atomic E-state index is 0.0853. The highest BCUT2D eigenvalue weighted by molar-refractivity contribution is 6.05. The molecule has 0 saturated heterocycles. The van der Waals surface area contributed by atoms with Gasteiger partial charge in [-0.05, 0) is 66.7 Å². The average molecular weight is 596 g/mol. The third-order valence-electron chi connectivity index (χ3n) is 6.16. The summed E-state index contributed by atoms with van der Waals surface area (Å²) in [7, 11) is 1.39. The van der Waals surface area contributed by atoms with Gasteiger partial charge in [-0.2, -0.15) is 5.10 Å². The number of benzene rings is 4. The molecule has 12 nitrogen and oxygen atoms in total. The van der Waals surface area contributed by atoms with E-state index in [1.54, 1.807) is 54.6 Å². The summed E-state index contributed by atoms with van der Waals surface area (Å²) in [6.07, 6.45) is 1.35. The number of methoxy groups -OCH3 is 1. The number of hydrazone groups is 1. The molecule has 12 heteroatoms. The highest BCUT2D eigenvalue weighted by atomic mass is 16.7. The number of anilines is 1. The fraction of sp³-hybridized carbons (Fsp3) is 0.0938. The second kappa shape index (κ2) is 13.2. The van der Waals surface area contributed by atoms with E-state index in [1.807, 2.05) is 0 Å². The van der Waals surface area contributed by atoms with Crippen LogP contribution in [0.3, 0.4) is 0 Å². The number of esters is 2. The molecule has 1 heterocycles. The van der Waals surface area contributed by atoms with Crippen molar-refractivity contribution in [2.24, 2.45) is 5.10 Å². The Morgan fingerprint density at radius 3 is 2.34 bits per heavy atom. The largest absolute Gasteiger partial charge is 0.493 e. The molecule has 2 amide bonds. The first-order valence-electron chi connectivity index (χ1n) is 13.1. The number of nitrogens with one attached hydrogen (secondary N) is 2. The van der Waals surface area contributed by atoms with Gasteiger partial charge < -0.3 is 29.0 Å². The van der Waals surface area contributed by atoms with Gasteiger partial charge in [0.05, 0.1) is 18.9 Å². The highest BCUT2D eigenvalue weighted by Crippen LogP contribution is 2.33. The van der Waals surface area contributed by atoms with Crippen molar-refractivity contribution < 1.29 is 42.9 Å². The summed E-state index contributed by atoms with van der Waals surface area (Å²) in [5, 5.41) is 6.72. The molecule has 1 aliphatic rings. The standard InChI is InChI=1S/C32H25N3O9/c1-19(36)43-27-13-10-21(15-28(27)40-2)30(37)34-24-8-5-7-20(14-24)31(38)35-33-17-23-6-3-4-9-25(23)44-32(39)22-11-12-26-29(16-22)42-18-41-26/h3-17H,18H2,1-2H3,(H,34,37)(H,35,38). The number of amides is 2. The number of rotatable bonds is 9. The van der Waals surface area contributed by atoms with Crippen LogP contribution < -0.4 is 34.4 Å². The maximum Gasteiger partial charge on any atom is 0.343 e. The van der Waals surface area contributed by atoms with Gasteiger partial charge in [0, 0.05) is 29.3 Å². The van der Waals surface area contributed by atoms with E-state index in [-0.39, 0.29) is 40.7 Å². The number of ether oxygens (including phenoxy) is 5. The van der Waals surface area contributed by atoms with Crippen molar-refractivity contribution in [2.45, 2.75) is 6.92 Å². The summed E-state index contributed by atoms with van der Waals surface area (Å²) in [5.41, 5.74) is 3.98. The Morgan fingerprint density at radius 1 is 0.750 bits per heavy atom. The molecule has 4 aromatic rings. The molecule has 1 aliphatic heterocycles. The molecule has 222 valence electrons. The van der Waals surface area contributed by atoms with Gasteiger partial charge in [0.1, 0.15) is 5.75 Å². The van der Waals surface area contributed by atoms with Crippen molar-refractivity contribution in [1.82, 2.24) is 5.43 Å². The first-order valence-corrected chi connectivity index (χ1v) is 13.1. The molecule has 0 spiro atoms. The fourth-order valence-corrected chi connectivity index (χ4v) is 4.08. The number of fused-ring (bicyclic) bond motifs is 1. The molecule has 5 rings (SSSR count). The molecular weight excluding hydrogens is 570 g/mol. The normalized spacial score (nSPS) is 11.5. The van der Waals surface area contributed by atoms with Gasteiger partial charge >= 0.3 is 11.9 Å². The third-order valence-corrected chi connectivity index (χ3v) is 6.16. The van der Waals surface area contributed by atoms with E-state index < -0.39 is 23.8 Å². The van der Waals surface area contributed by atoms with Crippen LogP contribution in [0.5, 0.6) is 28.7 Å². The lowest BCUT2D eigenvalue weighted by Gasteiger charge is -2.11. The van der Waals surface area contributed by atoms with E-state index >= 15 is 0 Å². The summed E-state index contributed by atoms with van der Waals surface area (Å²) in [4.78, 5) is 49.6. The van der Waals surface area contributed by atoms with E-state index in [0.717, 1.165) is 0 Å². The van der Waals surface area contributed by atoms with Crippen LogP contribution in [0.1, 0.15) is 43.6 Å². The molecule has 0 saturated carbocycles. The predicted octanol–water partition coefficient (Wildman–Crippen LogP) is 4.58. The Labute approximate surface area is 251 Å². The molecule has 0 radical (unpaired) electrons. The first kappa shape index (κ1) is 29.3. The summed E-state index contributed by atoms with van der Waals surface area (Å²) in [6.45, 7) is 1.34. The number of carbonyl (C=O) groups is 4. The van der Waals surface area contributed by atoms with Crippen molar-refractivity contribution in [3.8, 4) is 28.7 Å². The summed E-state index contributed by atoms with van der Waals surface area (Å²) in [6, 6.07) is 22.0. The van der Waals surface area contributed by atoms with Gasteiger partial charge in [0.15, 0.2) is 23.0 Å².